The summed E-state index contributed by atoms with van der Waals surface area (Å²) in [4.78, 5) is 23.2. The van der Waals surface area contributed by atoms with E-state index in [-0.39, 0.29) is 12.5 Å². The summed E-state index contributed by atoms with van der Waals surface area (Å²) in [5.41, 5.74) is 0.745. The fourth-order valence-corrected chi connectivity index (χ4v) is 1.86. The molecule has 0 heterocycles. The Morgan fingerprint density at radius 2 is 1.80 bits per heavy atom. The van der Waals surface area contributed by atoms with E-state index in [2.05, 4.69) is 4.74 Å². The zero-order valence-corrected chi connectivity index (χ0v) is 12.1. The molecular weight excluding hydrogens is 258 g/mol. The lowest BCUT2D eigenvalue weighted by Gasteiger charge is -2.16. The summed E-state index contributed by atoms with van der Waals surface area (Å²) >= 11 is 0. The third-order valence-corrected chi connectivity index (χ3v) is 2.80. The second kappa shape index (κ2) is 7.65. The van der Waals surface area contributed by atoms with Gasteiger partial charge in [0.05, 0.1) is 12.5 Å². The first-order chi connectivity index (χ1) is 9.40. The predicted molar refractivity (Wildman–Crippen MR) is 73.9 cm³/mol. The summed E-state index contributed by atoms with van der Waals surface area (Å²) in [6.07, 6.45) is -0.412. The van der Waals surface area contributed by atoms with Crippen molar-refractivity contribution in [3.05, 3.63) is 35.9 Å². The topological polar surface area (TPSA) is 66.8 Å². The molecule has 1 atom stereocenters. The molecule has 110 valence electrons. The molecule has 20 heavy (non-hydrogen) atoms. The van der Waals surface area contributed by atoms with E-state index in [0.29, 0.717) is 17.4 Å². The largest absolute Gasteiger partial charge is 0.441 e. The first kappa shape index (κ1) is 16.2. The van der Waals surface area contributed by atoms with Gasteiger partial charge in [-0.15, -0.1) is 0 Å². The Morgan fingerprint density at radius 3 is 2.35 bits per heavy atom. The van der Waals surface area contributed by atoms with E-state index in [0.717, 1.165) is 5.56 Å². The van der Waals surface area contributed by atoms with Crippen molar-refractivity contribution in [1.82, 2.24) is 5.06 Å². The number of carbonyl (C=O) groups excluding carboxylic acids is 2. The summed E-state index contributed by atoms with van der Waals surface area (Å²) in [7, 11) is 0. The molecule has 0 spiro atoms. The van der Waals surface area contributed by atoms with Crippen LogP contribution in [0.5, 0.6) is 0 Å². The molecular formula is C15H21NO4. The standard InChI is InChI=1S/C15H21NO4/c1-11(2)9-12(3)14(17)20-15(18)16(19)10-13-7-5-4-6-8-13/h4-8,11-12,19H,9-10H2,1-3H3/t12-/m1/s1. The molecule has 1 amide bonds. The summed E-state index contributed by atoms with van der Waals surface area (Å²) in [5, 5.41) is 9.99. The van der Waals surface area contributed by atoms with Crippen molar-refractivity contribution in [3.63, 3.8) is 0 Å². The smallest absolute Gasteiger partial charge is 0.374 e. The molecule has 0 saturated carbocycles. The number of hydrogen-bond donors (Lipinski definition) is 1. The van der Waals surface area contributed by atoms with Crippen LogP contribution in [0.2, 0.25) is 0 Å². The van der Waals surface area contributed by atoms with Crippen LogP contribution in [0, 0.1) is 11.8 Å². The average Bonchev–Trinajstić information content (AvgIpc) is 2.38. The first-order valence-electron chi connectivity index (χ1n) is 6.66. The second-order valence-electron chi connectivity index (χ2n) is 5.26. The lowest BCUT2D eigenvalue weighted by atomic mass is 9.99. The third-order valence-electron chi connectivity index (χ3n) is 2.80. The van der Waals surface area contributed by atoms with Gasteiger partial charge in [0, 0.05) is 0 Å². The molecule has 0 saturated heterocycles. The molecule has 0 radical (unpaired) electrons. The molecule has 5 heteroatoms. The highest BCUT2D eigenvalue weighted by atomic mass is 16.6. The fourth-order valence-electron chi connectivity index (χ4n) is 1.86. The van der Waals surface area contributed by atoms with Crippen LogP contribution < -0.4 is 0 Å². The van der Waals surface area contributed by atoms with E-state index in [1.807, 2.05) is 19.9 Å². The lowest BCUT2D eigenvalue weighted by Crippen LogP contribution is -2.31. The average molecular weight is 279 g/mol. The number of hydroxylamine groups is 2. The van der Waals surface area contributed by atoms with Gasteiger partial charge in [0.1, 0.15) is 0 Å². The molecule has 1 aromatic rings. The van der Waals surface area contributed by atoms with Crippen LogP contribution in [-0.4, -0.2) is 22.3 Å². The minimum Gasteiger partial charge on any atom is -0.374 e. The first-order valence-corrected chi connectivity index (χ1v) is 6.66. The number of benzene rings is 1. The number of esters is 1. The molecule has 0 aliphatic carbocycles. The molecule has 0 aliphatic heterocycles. The van der Waals surface area contributed by atoms with Crippen LogP contribution in [-0.2, 0) is 16.1 Å². The van der Waals surface area contributed by atoms with Gasteiger partial charge in [-0.05, 0) is 17.9 Å². The highest BCUT2D eigenvalue weighted by molar-refractivity contribution is 5.85. The van der Waals surface area contributed by atoms with Crippen molar-refractivity contribution in [1.29, 1.82) is 0 Å². The number of rotatable bonds is 5. The summed E-state index contributed by atoms with van der Waals surface area (Å²) in [6, 6.07) is 8.95. The lowest BCUT2D eigenvalue weighted by molar-refractivity contribution is -0.149. The summed E-state index contributed by atoms with van der Waals surface area (Å²) in [5.74, 6) is -0.651. The highest BCUT2D eigenvalue weighted by Crippen LogP contribution is 2.13. The normalized spacial score (nSPS) is 12.1. The molecule has 1 aromatic carbocycles. The van der Waals surface area contributed by atoms with Crippen molar-refractivity contribution in [2.24, 2.45) is 11.8 Å². The number of amides is 1. The molecule has 1 N–H and O–H groups in total. The zero-order chi connectivity index (χ0) is 15.1. The van der Waals surface area contributed by atoms with Crippen molar-refractivity contribution < 1.29 is 19.5 Å². The third kappa shape index (κ3) is 5.40. The Balaban J connectivity index is 2.47. The Labute approximate surface area is 119 Å². The van der Waals surface area contributed by atoms with E-state index in [4.69, 9.17) is 0 Å². The molecule has 0 bridgehead atoms. The van der Waals surface area contributed by atoms with Gasteiger partial charge >= 0.3 is 12.1 Å². The van der Waals surface area contributed by atoms with Crippen molar-refractivity contribution in [2.75, 3.05) is 0 Å². The molecule has 0 unspecified atom stereocenters. The fraction of sp³-hybridized carbons (Fsp3) is 0.467. The van der Waals surface area contributed by atoms with Crippen LogP contribution in [0.1, 0.15) is 32.8 Å². The SMILES string of the molecule is CC(C)C[C@@H](C)C(=O)OC(=O)N(O)Cc1ccccc1. The highest BCUT2D eigenvalue weighted by Gasteiger charge is 2.22. The quantitative estimate of drug-likeness (QED) is 0.389. The van der Waals surface area contributed by atoms with E-state index in [1.54, 1.807) is 31.2 Å². The zero-order valence-electron chi connectivity index (χ0n) is 12.1. The number of ether oxygens (including phenoxy) is 1. The summed E-state index contributed by atoms with van der Waals surface area (Å²) < 4.78 is 4.65. The Bertz CT molecular complexity index is 444. The summed E-state index contributed by atoms with van der Waals surface area (Å²) in [6.45, 7) is 5.65. The predicted octanol–water partition coefficient (Wildman–Crippen LogP) is 3.22. The van der Waals surface area contributed by atoms with Crippen molar-refractivity contribution >= 4 is 12.1 Å². The van der Waals surface area contributed by atoms with Gasteiger partial charge in [0.15, 0.2) is 0 Å². The molecule has 5 nitrogen and oxygen atoms in total. The van der Waals surface area contributed by atoms with Crippen molar-refractivity contribution in [3.8, 4) is 0 Å². The maximum atomic E-state index is 11.7. The van der Waals surface area contributed by atoms with Crippen molar-refractivity contribution in [2.45, 2.75) is 33.7 Å². The second-order valence-corrected chi connectivity index (χ2v) is 5.26. The monoisotopic (exact) mass is 279 g/mol. The molecule has 0 fully saturated rings. The Hall–Kier alpha value is -1.88. The van der Waals surface area contributed by atoms with Gasteiger partial charge in [0.2, 0.25) is 0 Å². The Morgan fingerprint density at radius 1 is 1.20 bits per heavy atom. The molecule has 1 rings (SSSR count). The van der Waals surface area contributed by atoms with Gasteiger partial charge in [0.25, 0.3) is 0 Å². The van der Waals surface area contributed by atoms with Gasteiger partial charge in [-0.2, -0.15) is 5.06 Å². The minimum absolute atomic E-state index is 0.0223. The van der Waals surface area contributed by atoms with Crippen LogP contribution in [0.4, 0.5) is 4.79 Å². The maximum Gasteiger partial charge on any atom is 0.441 e. The van der Waals surface area contributed by atoms with Gasteiger partial charge in [-0.3, -0.25) is 10.0 Å². The maximum absolute atomic E-state index is 11.7. The number of nitrogens with zero attached hydrogens (tertiary/aromatic N) is 1. The minimum atomic E-state index is -1.05. The van der Waals surface area contributed by atoms with Crippen LogP contribution in [0.3, 0.4) is 0 Å². The van der Waals surface area contributed by atoms with E-state index >= 15 is 0 Å². The Kier molecular flexibility index (Phi) is 6.18. The van der Waals surface area contributed by atoms with Crippen LogP contribution in [0.25, 0.3) is 0 Å². The van der Waals surface area contributed by atoms with Crippen LogP contribution in [0.15, 0.2) is 30.3 Å². The van der Waals surface area contributed by atoms with E-state index in [1.165, 1.54) is 0 Å². The van der Waals surface area contributed by atoms with E-state index < -0.39 is 12.1 Å². The van der Waals surface area contributed by atoms with Gasteiger partial charge in [-0.25, -0.2) is 4.79 Å². The molecule has 0 aliphatic rings. The number of hydrogen-bond acceptors (Lipinski definition) is 4. The van der Waals surface area contributed by atoms with E-state index in [9.17, 15) is 14.8 Å². The van der Waals surface area contributed by atoms with Gasteiger partial charge < -0.3 is 4.74 Å². The molecule has 0 aromatic heterocycles. The van der Waals surface area contributed by atoms with Crippen LogP contribution >= 0.6 is 0 Å². The van der Waals surface area contributed by atoms with Gasteiger partial charge in [-0.1, -0.05) is 51.1 Å². The number of carbonyl (C=O) groups is 2.